The van der Waals surface area contributed by atoms with Gasteiger partial charge in [0.05, 0.1) is 12.1 Å². The first-order chi connectivity index (χ1) is 12.0. The minimum absolute atomic E-state index is 0.133. The van der Waals surface area contributed by atoms with Crippen LogP contribution in [0.1, 0.15) is 30.9 Å². The number of aromatic nitrogens is 1. The Morgan fingerprint density at radius 2 is 2.00 bits per heavy atom. The van der Waals surface area contributed by atoms with Gasteiger partial charge in [-0.05, 0) is 56.5 Å². The maximum Gasteiger partial charge on any atom is 0.317 e. The molecule has 2 aromatic rings. The molecule has 0 saturated carbocycles. The van der Waals surface area contributed by atoms with Crippen molar-refractivity contribution < 1.29 is 9.90 Å². The van der Waals surface area contributed by atoms with Gasteiger partial charge in [-0.15, -0.1) is 0 Å². The molecule has 5 heteroatoms. The van der Waals surface area contributed by atoms with E-state index >= 15 is 0 Å². The summed E-state index contributed by atoms with van der Waals surface area (Å²) in [5, 5.41) is 10.3. The summed E-state index contributed by atoms with van der Waals surface area (Å²) < 4.78 is 0. The van der Waals surface area contributed by atoms with Crippen molar-refractivity contribution in [3.8, 4) is 0 Å². The van der Waals surface area contributed by atoms with Gasteiger partial charge < -0.3 is 10.0 Å². The molecule has 0 radical (unpaired) electrons. The fourth-order valence-electron chi connectivity index (χ4n) is 3.79. The standard InChI is InChI=1S/C20H27N3O2/c1-4-22(13-20(24)25)16-7-9-23(10-8-16)19-12-15(3)17-6-5-14(2)11-18(17)21-19/h5-6,11-12,16H,4,7-10,13H2,1-3H3,(H,24,25). The van der Waals surface area contributed by atoms with E-state index in [2.05, 4.69) is 47.9 Å². The Labute approximate surface area is 149 Å². The van der Waals surface area contributed by atoms with Crippen LogP contribution in [-0.2, 0) is 4.79 Å². The SMILES string of the molecule is CCN(CC(=O)O)C1CCN(c2cc(C)c3ccc(C)cc3n2)CC1. The molecule has 25 heavy (non-hydrogen) atoms. The minimum atomic E-state index is -0.744. The molecule has 3 rings (SSSR count). The van der Waals surface area contributed by atoms with Crippen molar-refractivity contribution in [2.24, 2.45) is 0 Å². The van der Waals surface area contributed by atoms with E-state index in [-0.39, 0.29) is 6.54 Å². The fourth-order valence-corrected chi connectivity index (χ4v) is 3.79. The molecule has 5 nitrogen and oxygen atoms in total. The second kappa shape index (κ2) is 7.40. The number of carboxylic acids is 1. The van der Waals surface area contributed by atoms with Gasteiger partial charge in [-0.2, -0.15) is 0 Å². The largest absolute Gasteiger partial charge is 0.480 e. The summed E-state index contributed by atoms with van der Waals surface area (Å²) in [6.45, 7) is 9.02. The Morgan fingerprint density at radius 1 is 1.28 bits per heavy atom. The van der Waals surface area contributed by atoms with Crippen molar-refractivity contribution in [1.82, 2.24) is 9.88 Å². The maximum atomic E-state index is 11.0. The van der Waals surface area contributed by atoms with Gasteiger partial charge in [-0.3, -0.25) is 9.69 Å². The van der Waals surface area contributed by atoms with Crippen molar-refractivity contribution in [2.75, 3.05) is 31.1 Å². The minimum Gasteiger partial charge on any atom is -0.480 e. The van der Waals surface area contributed by atoms with E-state index < -0.39 is 5.97 Å². The molecule has 0 unspecified atom stereocenters. The molecular formula is C20H27N3O2. The summed E-state index contributed by atoms with van der Waals surface area (Å²) in [6.07, 6.45) is 1.96. The van der Waals surface area contributed by atoms with Crippen LogP contribution in [0.2, 0.25) is 0 Å². The van der Waals surface area contributed by atoms with Gasteiger partial charge in [-0.1, -0.05) is 19.1 Å². The highest BCUT2D eigenvalue weighted by molar-refractivity contribution is 5.84. The summed E-state index contributed by atoms with van der Waals surface area (Å²) in [6, 6.07) is 8.94. The van der Waals surface area contributed by atoms with Crippen LogP contribution in [0.25, 0.3) is 10.9 Å². The predicted molar refractivity (Wildman–Crippen MR) is 101 cm³/mol. The second-order valence-corrected chi connectivity index (χ2v) is 6.99. The number of benzene rings is 1. The molecule has 1 aliphatic heterocycles. The van der Waals surface area contributed by atoms with Gasteiger partial charge in [0.25, 0.3) is 0 Å². The van der Waals surface area contributed by atoms with Crippen molar-refractivity contribution in [3.63, 3.8) is 0 Å². The fraction of sp³-hybridized carbons (Fsp3) is 0.500. The third-order valence-electron chi connectivity index (χ3n) is 5.21. The lowest BCUT2D eigenvalue weighted by atomic mass is 10.0. The van der Waals surface area contributed by atoms with E-state index in [1.165, 1.54) is 16.5 Å². The third-order valence-corrected chi connectivity index (χ3v) is 5.21. The number of likely N-dealkylation sites (N-methyl/N-ethyl adjacent to an activating group) is 1. The summed E-state index contributed by atoms with van der Waals surface area (Å²) in [5.41, 5.74) is 3.53. The average Bonchev–Trinajstić information content (AvgIpc) is 2.59. The number of carboxylic acid groups (broad SMARTS) is 1. The number of rotatable bonds is 5. The number of carbonyl (C=O) groups is 1. The van der Waals surface area contributed by atoms with E-state index in [0.717, 1.165) is 43.8 Å². The van der Waals surface area contributed by atoms with Crippen molar-refractivity contribution in [3.05, 3.63) is 35.4 Å². The molecule has 0 spiro atoms. The lowest BCUT2D eigenvalue weighted by Crippen LogP contribution is -2.46. The van der Waals surface area contributed by atoms with Crippen LogP contribution >= 0.6 is 0 Å². The first-order valence-corrected chi connectivity index (χ1v) is 9.06. The van der Waals surface area contributed by atoms with Crippen LogP contribution in [0, 0.1) is 13.8 Å². The molecule has 134 valence electrons. The number of piperidine rings is 1. The molecule has 0 amide bonds. The summed E-state index contributed by atoms with van der Waals surface area (Å²) in [5.74, 6) is 0.293. The number of nitrogens with zero attached hydrogens (tertiary/aromatic N) is 3. The van der Waals surface area contributed by atoms with Crippen molar-refractivity contribution in [1.29, 1.82) is 0 Å². The Morgan fingerprint density at radius 3 is 2.64 bits per heavy atom. The Bertz CT molecular complexity index is 767. The summed E-state index contributed by atoms with van der Waals surface area (Å²) in [7, 11) is 0. The van der Waals surface area contributed by atoms with E-state index in [9.17, 15) is 4.79 Å². The van der Waals surface area contributed by atoms with Gasteiger partial charge in [0.15, 0.2) is 0 Å². The van der Waals surface area contributed by atoms with Gasteiger partial charge in [0, 0.05) is 24.5 Å². The highest BCUT2D eigenvalue weighted by Gasteiger charge is 2.25. The molecule has 1 aliphatic rings. The highest BCUT2D eigenvalue weighted by atomic mass is 16.4. The van der Waals surface area contributed by atoms with Gasteiger partial charge >= 0.3 is 5.97 Å². The summed E-state index contributed by atoms with van der Waals surface area (Å²) >= 11 is 0. The molecule has 2 heterocycles. The van der Waals surface area contributed by atoms with Crippen LogP contribution in [0.4, 0.5) is 5.82 Å². The van der Waals surface area contributed by atoms with Crippen LogP contribution in [0.15, 0.2) is 24.3 Å². The molecule has 1 aromatic carbocycles. The lowest BCUT2D eigenvalue weighted by Gasteiger charge is -2.38. The number of aliphatic carboxylic acids is 1. The lowest BCUT2D eigenvalue weighted by molar-refractivity contribution is -0.139. The Hall–Kier alpha value is -2.14. The normalized spacial score (nSPS) is 15.9. The van der Waals surface area contributed by atoms with Crippen LogP contribution < -0.4 is 4.90 Å². The van der Waals surface area contributed by atoms with E-state index in [4.69, 9.17) is 10.1 Å². The molecule has 0 bridgehead atoms. The Balaban J connectivity index is 1.74. The first-order valence-electron chi connectivity index (χ1n) is 9.06. The van der Waals surface area contributed by atoms with Crippen molar-refractivity contribution in [2.45, 2.75) is 39.7 Å². The van der Waals surface area contributed by atoms with E-state index in [1.807, 2.05) is 6.92 Å². The number of aryl methyl sites for hydroxylation is 2. The zero-order chi connectivity index (χ0) is 18.0. The number of anilines is 1. The first kappa shape index (κ1) is 17.7. The molecule has 1 N–H and O–H groups in total. The summed E-state index contributed by atoms with van der Waals surface area (Å²) in [4.78, 5) is 20.3. The molecular weight excluding hydrogens is 314 g/mol. The van der Waals surface area contributed by atoms with Gasteiger partial charge in [0.2, 0.25) is 0 Å². The van der Waals surface area contributed by atoms with Crippen molar-refractivity contribution >= 4 is 22.7 Å². The molecule has 1 fully saturated rings. The molecule has 1 saturated heterocycles. The third kappa shape index (κ3) is 3.93. The van der Waals surface area contributed by atoms with Crippen LogP contribution in [0.5, 0.6) is 0 Å². The van der Waals surface area contributed by atoms with Gasteiger partial charge in [0.1, 0.15) is 5.82 Å². The highest BCUT2D eigenvalue weighted by Crippen LogP contribution is 2.26. The zero-order valence-electron chi connectivity index (χ0n) is 15.3. The molecule has 1 aromatic heterocycles. The van der Waals surface area contributed by atoms with E-state index in [1.54, 1.807) is 0 Å². The topological polar surface area (TPSA) is 56.7 Å². The monoisotopic (exact) mass is 341 g/mol. The molecule has 0 atom stereocenters. The van der Waals surface area contributed by atoms with Crippen LogP contribution in [-0.4, -0.2) is 53.2 Å². The molecule has 0 aliphatic carbocycles. The maximum absolute atomic E-state index is 11.0. The van der Waals surface area contributed by atoms with Gasteiger partial charge in [-0.25, -0.2) is 4.98 Å². The van der Waals surface area contributed by atoms with E-state index in [0.29, 0.717) is 6.04 Å². The Kier molecular flexibility index (Phi) is 5.23. The number of hydrogen-bond donors (Lipinski definition) is 1. The quantitative estimate of drug-likeness (QED) is 0.905. The average molecular weight is 341 g/mol. The predicted octanol–water partition coefficient (Wildman–Crippen LogP) is 3.23. The van der Waals surface area contributed by atoms with Crippen LogP contribution in [0.3, 0.4) is 0 Å². The number of pyridine rings is 1. The smallest absolute Gasteiger partial charge is 0.317 e. The zero-order valence-corrected chi connectivity index (χ0v) is 15.3. The second-order valence-electron chi connectivity index (χ2n) is 6.99. The number of fused-ring (bicyclic) bond motifs is 1. The number of hydrogen-bond acceptors (Lipinski definition) is 4.